The first-order valence-corrected chi connectivity index (χ1v) is 13.8. The van der Waals surface area contributed by atoms with E-state index in [4.69, 9.17) is 4.65 Å². The van der Waals surface area contributed by atoms with E-state index in [9.17, 15) is 5.11 Å². The molecule has 3 nitrogen and oxygen atoms in total. The maximum atomic E-state index is 10.5. The lowest BCUT2D eigenvalue weighted by atomic mass is 9.71. The second kappa shape index (κ2) is 9.69. The van der Waals surface area contributed by atoms with Crippen LogP contribution in [-0.4, -0.2) is 28.4 Å². The van der Waals surface area contributed by atoms with Crippen molar-refractivity contribution >= 4 is 35.0 Å². The van der Waals surface area contributed by atoms with Gasteiger partial charge in [-0.1, -0.05) is 92.1 Å². The molecule has 3 aromatic carbocycles. The van der Waals surface area contributed by atoms with Crippen LogP contribution in [0, 0.1) is 0 Å². The topological polar surface area (TPSA) is 34.4 Å². The van der Waals surface area contributed by atoms with Gasteiger partial charge in [-0.05, 0) is 75.9 Å². The van der Waals surface area contributed by atoms with Crippen LogP contribution < -0.4 is 0 Å². The van der Waals surface area contributed by atoms with Crippen LogP contribution in [0.1, 0.15) is 61.0 Å². The van der Waals surface area contributed by atoms with Crippen molar-refractivity contribution in [3.8, 4) is 11.1 Å². The normalized spacial score (nSPS) is 16.1. The molecule has 1 aromatic heterocycles. The fourth-order valence-electron chi connectivity index (χ4n) is 5.41. The lowest BCUT2D eigenvalue weighted by molar-refractivity contribution is -0.0896. The number of hydrogen-bond acceptors (Lipinski definition) is 2. The summed E-state index contributed by atoms with van der Waals surface area (Å²) in [6.07, 6.45) is 6.36. The van der Waals surface area contributed by atoms with Gasteiger partial charge in [0.1, 0.15) is 0 Å². The predicted octanol–water partition coefficient (Wildman–Crippen LogP) is 8.63. The molecule has 0 bridgehead atoms. The van der Waals surface area contributed by atoms with Crippen LogP contribution in [0.2, 0.25) is 0 Å². The van der Waals surface area contributed by atoms with Crippen molar-refractivity contribution < 1.29 is 9.76 Å². The molecule has 0 amide bonds. The van der Waals surface area contributed by atoms with Gasteiger partial charge in [-0.15, -0.1) is 0 Å². The lowest BCUT2D eigenvalue weighted by Gasteiger charge is -2.37. The van der Waals surface area contributed by atoms with E-state index in [1.807, 2.05) is 26.8 Å². The zero-order valence-corrected chi connectivity index (χ0v) is 24.5. The fraction of sp³-hybridized carbons (Fsp3) is 0.314. The number of fused-ring (bicyclic) bond motifs is 3. The molecule has 5 rings (SSSR count). The fourth-order valence-corrected chi connectivity index (χ4v) is 5.41. The minimum absolute atomic E-state index is 0.187. The van der Waals surface area contributed by atoms with E-state index in [0.717, 1.165) is 5.47 Å². The molecule has 1 aliphatic rings. The highest BCUT2D eigenvalue weighted by Gasteiger charge is 2.37. The van der Waals surface area contributed by atoms with E-state index in [1.54, 1.807) is 21.3 Å². The molecule has 0 unspecified atom stereocenters. The van der Waals surface area contributed by atoms with Gasteiger partial charge >= 0.3 is 7.48 Å². The third-order valence-corrected chi connectivity index (χ3v) is 8.84. The number of benzene rings is 3. The van der Waals surface area contributed by atoms with Gasteiger partial charge in [0, 0.05) is 21.9 Å². The molecule has 1 aliphatic heterocycles. The van der Waals surface area contributed by atoms with Gasteiger partial charge in [-0.25, -0.2) is 0 Å². The molecule has 4 heteroatoms. The molecule has 0 saturated carbocycles. The van der Waals surface area contributed by atoms with Gasteiger partial charge in [-0.3, -0.25) is 0 Å². The predicted molar refractivity (Wildman–Crippen MR) is 167 cm³/mol. The van der Waals surface area contributed by atoms with Gasteiger partial charge in [0.15, 0.2) is 0 Å². The van der Waals surface area contributed by atoms with Gasteiger partial charge in [0.25, 0.3) is 0 Å². The average molecular weight is 517 g/mol. The van der Waals surface area contributed by atoms with Crippen molar-refractivity contribution in [2.75, 3.05) is 0 Å². The summed E-state index contributed by atoms with van der Waals surface area (Å²) in [7, 11) is 1.75. The largest absolute Gasteiger partial charge is 0.427 e. The van der Waals surface area contributed by atoms with Crippen LogP contribution in [0.3, 0.4) is 0 Å². The molecular weight excluding hydrogens is 477 g/mol. The molecule has 199 valence electrons. The summed E-state index contributed by atoms with van der Waals surface area (Å²) in [5.74, 6) is 0. The molecule has 0 aliphatic carbocycles. The Balaban J connectivity index is 1.68. The lowest BCUT2D eigenvalue weighted by Crippen LogP contribution is -2.48. The maximum Gasteiger partial charge on any atom is 0.330 e. The first-order chi connectivity index (χ1) is 18.4. The molecule has 0 spiro atoms. The van der Waals surface area contributed by atoms with Crippen molar-refractivity contribution in [3.05, 3.63) is 102 Å². The number of aliphatic hydroxyl groups is 1. The third kappa shape index (κ3) is 4.50. The molecule has 0 atom stereocenters. The Morgan fingerprint density at radius 3 is 2.26 bits per heavy atom. The van der Waals surface area contributed by atoms with E-state index in [2.05, 4.69) is 104 Å². The Morgan fingerprint density at radius 1 is 0.923 bits per heavy atom. The first-order valence-electron chi connectivity index (χ1n) is 13.8. The van der Waals surface area contributed by atoms with Crippen molar-refractivity contribution in [1.82, 2.24) is 4.57 Å². The van der Waals surface area contributed by atoms with Crippen LogP contribution in [0.15, 0.2) is 96.0 Å². The number of para-hydroxylation sites is 1. The first kappa shape index (κ1) is 27.2. The minimum Gasteiger partial charge on any atom is -0.427 e. The van der Waals surface area contributed by atoms with E-state index >= 15 is 0 Å². The van der Waals surface area contributed by atoms with E-state index in [-0.39, 0.29) is 5.41 Å². The van der Waals surface area contributed by atoms with Gasteiger partial charge < -0.3 is 14.3 Å². The van der Waals surface area contributed by atoms with Crippen molar-refractivity contribution in [3.63, 3.8) is 0 Å². The zero-order valence-electron chi connectivity index (χ0n) is 24.5. The van der Waals surface area contributed by atoms with Crippen LogP contribution in [0.5, 0.6) is 0 Å². The zero-order chi connectivity index (χ0) is 28.2. The molecule has 0 saturated heterocycles. The van der Waals surface area contributed by atoms with Gasteiger partial charge in [-0.2, -0.15) is 0 Å². The van der Waals surface area contributed by atoms with E-state index < -0.39 is 11.2 Å². The molecule has 39 heavy (non-hydrogen) atoms. The van der Waals surface area contributed by atoms with E-state index in [0.29, 0.717) is 0 Å². The standard InChI is InChI=1S/C35H39BNO2/c1-9-25(36-39-35(7,8)34(5,6)38)19-22-29-23(2)33(3,4)31-26(24-15-11-10-12-16-24)20-21-28-27-17-13-14-18-30(27)37(29)32(28)31/h9-22,38H,1-8H3/b22-19-,25-9+. The molecule has 1 N–H and O–H groups in total. The highest BCUT2D eigenvalue weighted by molar-refractivity contribution is 6.39. The number of hydrogen-bond donors (Lipinski definition) is 1. The van der Waals surface area contributed by atoms with E-state index in [1.165, 1.54) is 49.8 Å². The SMILES string of the molecule is C/C=C([B]OC(C)(C)C(C)(C)O)\C=C/C1=C(C)C(C)(C)c2c(-c3ccccc3)ccc3c4ccccc4n1c23. The number of rotatable bonds is 7. The smallest absolute Gasteiger partial charge is 0.330 e. The summed E-state index contributed by atoms with van der Waals surface area (Å²) >= 11 is 0. The Hall–Kier alpha value is -3.34. The Kier molecular flexibility index (Phi) is 6.77. The molecule has 1 radical (unpaired) electrons. The second-order valence-electron chi connectivity index (χ2n) is 12.2. The summed E-state index contributed by atoms with van der Waals surface area (Å²) < 4.78 is 8.51. The summed E-state index contributed by atoms with van der Waals surface area (Å²) in [5, 5.41) is 13.1. The number of allylic oxidation sites excluding steroid dienone is 6. The van der Waals surface area contributed by atoms with Crippen LogP contribution in [0.25, 0.3) is 38.6 Å². The third-order valence-electron chi connectivity index (χ3n) is 8.84. The Morgan fingerprint density at radius 2 is 1.59 bits per heavy atom. The summed E-state index contributed by atoms with van der Waals surface area (Å²) in [4.78, 5) is 0. The van der Waals surface area contributed by atoms with Gasteiger partial charge in [0.05, 0.1) is 22.2 Å². The summed E-state index contributed by atoms with van der Waals surface area (Å²) in [6.45, 7) is 16.3. The highest BCUT2D eigenvalue weighted by atomic mass is 16.5. The summed E-state index contributed by atoms with van der Waals surface area (Å²) in [5.41, 5.74) is 7.91. The Labute approximate surface area is 233 Å². The quantitative estimate of drug-likeness (QED) is 0.197. The van der Waals surface area contributed by atoms with Crippen molar-refractivity contribution in [2.45, 2.75) is 72.0 Å². The molecule has 4 aromatic rings. The second-order valence-corrected chi connectivity index (χ2v) is 12.2. The van der Waals surface area contributed by atoms with Crippen LogP contribution in [0.4, 0.5) is 0 Å². The number of aromatic nitrogens is 1. The van der Waals surface area contributed by atoms with Crippen LogP contribution in [-0.2, 0) is 10.1 Å². The average Bonchev–Trinajstić information content (AvgIpc) is 3.23. The maximum absolute atomic E-state index is 10.5. The van der Waals surface area contributed by atoms with Gasteiger partial charge in [0.2, 0.25) is 0 Å². The highest BCUT2D eigenvalue weighted by Crippen LogP contribution is 2.50. The van der Waals surface area contributed by atoms with Crippen molar-refractivity contribution in [1.29, 1.82) is 0 Å². The molecule has 2 heterocycles. The number of nitrogens with zero attached hydrogens (tertiary/aromatic N) is 1. The monoisotopic (exact) mass is 516 g/mol. The van der Waals surface area contributed by atoms with Crippen molar-refractivity contribution in [2.24, 2.45) is 0 Å². The minimum atomic E-state index is -0.978. The van der Waals surface area contributed by atoms with Crippen LogP contribution >= 0.6 is 0 Å². The summed E-state index contributed by atoms with van der Waals surface area (Å²) in [6, 6.07) is 24.0. The molecule has 0 fully saturated rings. The molecular formula is C35H39BNO2. The Bertz CT molecular complexity index is 1640.